The zero-order valence-corrected chi connectivity index (χ0v) is 11.9. The summed E-state index contributed by atoms with van der Waals surface area (Å²) in [5.74, 6) is -0.454. The minimum atomic E-state index is -3.39. The Morgan fingerprint density at radius 3 is 2.32 bits per heavy atom. The summed E-state index contributed by atoms with van der Waals surface area (Å²) in [6.45, 7) is 1.15. The number of nitrogens with zero attached hydrogens (tertiary/aromatic N) is 1. The summed E-state index contributed by atoms with van der Waals surface area (Å²) in [6, 6.07) is 6.12. The predicted octanol–water partition coefficient (Wildman–Crippen LogP) is 1.65. The fourth-order valence-electron chi connectivity index (χ4n) is 1.98. The third kappa shape index (κ3) is 3.26. The van der Waals surface area contributed by atoms with Gasteiger partial charge in [0.1, 0.15) is 5.88 Å². The largest absolute Gasteiger partial charge is 0.325 e. The number of benzene rings is 1. The van der Waals surface area contributed by atoms with Crippen LogP contribution in [0.4, 0.5) is 5.69 Å². The van der Waals surface area contributed by atoms with Crippen molar-refractivity contribution in [2.75, 3.05) is 24.3 Å². The van der Waals surface area contributed by atoms with Gasteiger partial charge in [-0.2, -0.15) is 4.31 Å². The second-order valence-electron chi connectivity index (χ2n) is 4.32. The maximum Gasteiger partial charge on any atom is 0.243 e. The van der Waals surface area contributed by atoms with Crippen molar-refractivity contribution in [3.8, 4) is 0 Å². The first-order valence-corrected chi connectivity index (χ1v) is 7.97. The average molecular weight is 303 g/mol. The molecule has 0 bridgehead atoms. The molecule has 1 amide bonds. The zero-order chi connectivity index (χ0) is 13.9. The summed E-state index contributed by atoms with van der Waals surface area (Å²) in [7, 11) is -3.39. The van der Waals surface area contributed by atoms with E-state index in [4.69, 9.17) is 11.6 Å². The van der Waals surface area contributed by atoms with E-state index in [0.717, 1.165) is 12.8 Å². The molecule has 7 heteroatoms. The Morgan fingerprint density at radius 2 is 1.79 bits per heavy atom. The van der Waals surface area contributed by atoms with Gasteiger partial charge in [0.25, 0.3) is 0 Å². The molecule has 1 heterocycles. The quantitative estimate of drug-likeness (QED) is 0.860. The van der Waals surface area contributed by atoms with Crippen molar-refractivity contribution in [3.05, 3.63) is 24.3 Å². The van der Waals surface area contributed by atoms with E-state index < -0.39 is 10.0 Å². The fraction of sp³-hybridized carbons (Fsp3) is 0.417. The molecule has 0 aliphatic carbocycles. The third-order valence-corrected chi connectivity index (χ3v) is 5.12. The molecule has 0 aromatic heterocycles. The topological polar surface area (TPSA) is 66.5 Å². The van der Waals surface area contributed by atoms with E-state index in [1.165, 1.54) is 16.4 Å². The average Bonchev–Trinajstić information content (AvgIpc) is 2.94. The van der Waals surface area contributed by atoms with Crippen LogP contribution in [0.3, 0.4) is 0 Å². The Hall–Kier alpha value is -1.11. The standard InChI is InChI=1S/C12H15ClN2O3S/c13-9-12(16)14-10-3-5-11(6-4-10)19(17,18)15-7-1-2-8-15/h3-6H,1-2,7-9H2,(H,14,16). The van der Waals surface area contributed by atoms with Gasteiger partial charge in [0.15, 0.2) is 0 Å². The second-order valence-corrected chi connectivity index (χ2v) is 6.52. The molecule has 1 aliphatic heterocycles. The van der Waals surface area contributed by atoms with Crippen LogP contribution in [0.2, 0.25) is 0 Å². The highest BCUT2D eigenvalue weighted by atomic mass is 35.5. The number of rotatable bonds is 4. The number of nitrogens with one attached hydrogen (secondary N) is 1. The molecular weight excluding hydrogens is 288 g/mol. The van der Waals surface area contributed by atoms with E-state index in [2.05, 4.69) is 5.32 Å². The van der Waals surface area contributed by atoms with Crippen LogP contribution in [0.1, 0.15) is 12.8 Å². The van der Waals surface area contributed by atoms with E-state index in [1.807, 2.05) is 0 Å². The lowest BCUT2D eigenvalue weighted by Gasteiger charge is -2.15. The van der Waals surface area contributed by atoms with Crippen LogP contribution in [-0.2, 0) is 14.8 Å². The molecule has 2 rings (SSSR count). The number of hydrogen-bond acceptors (Lipinski definition) is 3. The molecule has 5 nitrogen and oxygen atoms in total. The Kier molecular flexibility index (Phi) is 4.44. The number of carbonyl (C=O) groups is 1. The first-order chi connectivity index (χ1) is 9.04. The van der Waals surface area contributed by atoms with Crippen molar-refractivity contribution in [3.63, 3.8) is 0 Å². The molecule has 1 aromatic rings. The molecular formula is C12H15ClN2O3S. The Labute approximate surface area is 117 Å². The van der Waals surface area contributed by atoms with E-state index >= 15 is 0 Å². The second kappa shape index (κ2) is 5.90. The minimum absolute atomic E-state index is 0.131. The maximum atomic E-state index is 12.2. The lowest BCUT2D eigenvalue weighted by Crippen LogP contribution is -2.27. The maximum absolute atomic E-state index is 12.2. The summed E-state index contributed by atoms with van der Waals surface area (Å²) in [5.41, 5.74) is 0.533. The van der Waals surface area contributed by atoms with Gasteiger partial charge in [0.05, 0.1) is 4.90 Å². The van der Waals surface area contributed by atoms with Gasteiger partial charge in [-0.25, -0.2) is 8.42 Å². The summed E-state index contributed by atoms with van der Waals surface area (Å²) >= 11 is 5.38. The zero-order valence-electron chi connectivity index (χ0n) is 10.3. The van der Waals surface area contributed by atoms with Crippen LogP contribution >= 0.6 is 11.6 Å². The van der Waals surface area contributed by atoms with Gasteiger partial charge in [0, 0.05) is 18.8 Å². The van der Waals surface area contributed by atoms with Crippen LogP contribution in [-0.4, -0.2) is 37.6 Å². The highest BCUT2D eigenvalue weighted by Gasteiger charge is 2.26. The summed E-state index contributed by atoms with van der Waals surface area (Å²) in [6.07, 6.45) is 1.81. The monoisotopic (exact) mass is 302 g/mol. The van der Waals surface area contributed by atoms with E-state index in [9.17, 15) is 13.2 Å². The Morgan fingerprint density at radius 1 is 1.21 bits per heavy atom. The lowest BCUT2D eigenvalue weighted by molar-refractivity contribution is -0.113. The molecule has 0 unspecified atom stereocenters. The molecule has 1 fully saturated rings. The first kappa shape index (κ1) is 14.3. The van der Waals surface area contributed by atoms with Gasteiger partial charge in [-0.05, 0) is 37.1 Å². The Balaban J connectivity index is 2.15. The highest BCUT2D eigenvalue weighted by Crippen LogP contribution is 2.22. The molecule has 0 spiro atoms. The summed E-state index contributed by atoms with van der Waals surface area (Å²) in [4.78, 5) is 11.4. The van der Waals surface area contributed by atoms with Crippen molar-refractivity contribution in [1.82, 2.24) is 4.31 Å². The first-order valence-electron chi connectivity index (χ1n) is 6.00. The molecule has 19 heavy (non-hydrogen) atoms. The van der Waals surface area contributed by atoms with Gasteiger partial charge in [0.2, 0.25) is 15.9 Å². The molecule has 1 N–H and O–H groups in total. The van der Waals surface area contributed by atoms with Gasteiger partial charge in [-0.3, -0.25) is 4.79 Å². The predicted molar refractivity (Wildman–Crippen MR) is 73.8 cm³/mol. The van der Waals surface area contributed by atoms with E-state index in [0.29, 0.717) is 18.8 Å². The van der Waals surface area contributed by atoms with E-state index in [1.54, 1.807) is 12.1 Å². The molecule has 1 saturated heterocycles. The van der Waals surface area contributed by atoms with Gasteiger partial charge < -0.3 is 5.32 Å². The Bertz CT molecular complexity index is 551. The van der Waals surface area contributed by atoms with Crippen molar-refractivity contribution >= 4 is 33.2 Å². The number of sulfonamides is 1. The number of carbonyl (C=O) groups excluding carboxylic acids is 1. The van der Waals surface area contributed by atoms with Crippen LogP contribution in [0.5, 0.6) is 0 Å². The minimum Gasteiger partial charge on any atom is -0.325 e. The number of anilines is 1. The smallest absolute Gasteiger partial charge is 0.243 e. The molecule has 104 valence electrons. The van der Waals surface area contributed by atoms with Crippen LogP contribution in [0.15, 0.2) is 29.2 Å². The lowest BCUT2D eigenvalue weighted by atomic mass is 10.3. The van der Waals surface area contributed by atoms with Crippen molar-refractivity contribution in [2.45, 2.75) is 17.7 Å². The third-order valence-electron chi connectivity index (χ3n) is 2.96. The van der Waals surface area contributed by atoms with E-state index in [-0.39, 0.29) is 16.7 Å². The number of alkyl halides is 1. The molecule has 0 radical (unpaired) electrons. The number of hydrogen-bond donors (Lipinski definition) is 1. The summed E-state index contributed by atoms with van der Waals surface area (Å²) < 4.78 is 26.0. The van der Waals surface area contributed by atoms with Gasteiger partial charge in [-0.15, -0.1) is 11.6 Å². The van der Waals surface area contributed by atoms with Crippen LogP contribution in [0.25, 0.3) is 0 Å². The number of halogens is 1. The SMILES string of the molecule is O=C(CCl)Nc1ccc(S(=O)(=O)N2CCCC2)cc1. The molecule has 1 aromatic carbocycles. The van der Waals surface area contributed by atoms with Crippen LogP contribution < -0.4 is 5.32 Å². The van der Waals surface area contributed by atoms with Gasteiger partial charge in [-0.1, -0.05) is 0 Å². The molecule has 0 atom stereocenters. The molecule has 0 saturated carbocycles. The van der Waals surface area contributed by atoms with Crippen molar-refractivity contribution in [2.24, 2.45) is 0 Å². The summed E-state index contributed by atoms with van der Waals surface area (Å²) in [5, 5.41) is 2.56. The molecule has 1 aliphatic rings. The normalized spacial score (nSPS) is 16.5. The van der Waals surface area contributed by atoms with Crippen LogP contribution in [0, 0.1) is 0 Å². The highest BCUT2D eigenvalue weighted by molar-refractivity contribution is 7.89. The van der Waals surface area contributed by atoms with Gasteiger partial charge >= 0.3 is 0 Å². The van der Waals surface area contributed by atoms with Crippen molar-refractivity contribution < 1.29 is 13.2 Å². The fourth-order valence-corrected chi connectivity index (χ4v) is 3.57. The number of amides is 1. The van der Waals surface area contributed by atoms with Crippen molar-refractivity contribution in [1.29, 1.82) is 0 Å².